The highest BCUT2D eigenvalue weighted by Crippen LogP contribution is 2.34. The van der Waals surface area contributed by atoms with Crippen molar-refractivity contribution >= 4 is 6.41 Å². The average molecular weight is 537 g/mol. The Morgan fingerprint density at radius 2 is 1.95 bits per heavy atom. The summed E-state index contributed by atoms with van der Waals surface area (Å²) in [5.41, 5.74) is 3.32. The highest BCUT2D eigenvalue weighted by Gasteiger charge is 2.33. The second kappa shape index (κ2) is 13.2. The lowest BCUT2D eigenvalue weighted by Crippen LogP contribution is -2.49. The molecule has 1 saturated heterocycles. The Labute approximate surface area is 234 Å². The van der Waals surface area contributed by atoms with Crippen molar-refractivity contribution in [1.29, 1.82) is 0 Å². The van der Waals surface area contributed by atoms with Gasteiger partial charge < -0.3 is 14.6 Å². The molecule has 0 radical (unpaired) electrons. The van der Waals surface area contributed by atoms with Crippen LogP contribution in [0.4, 0.5) is 0 Å². The van der Waals surface area contributed by atoms with Crippen LogP contribution in [0.25, 0.3) is 0 Å². The first kappa shape index (κ1) is 29.4. The zero-order valence-corrected chi connectivity index (χ0v) is 24.6. The number of pyridine rings is 1. The zero-order valence-electron chi connectivity index (χ0n) is 24.6. The molecule has 39 heavy (non-hydrogen) atoms. The number of carbonyl (C=O) groups is 1. The molecule has 3 aliphatic rings. The van der Waals surface area contributed by atoms with E-state index in [9.17, 15) is 4.79 Å². The number of allylic oxidation sites excluding steroid dienone is 1. The normalized spacial score (nSPS) is 23.5. The summed E-state index contributed by atoms with van der Waals surface area (Å²) in [7, 11) is 2.21. The third-order valence-corrected chi connectivity index (χ3v) is 8.53. The van der Waals surface area contributed by atoms with Gasteiger partial charge in [-0.3, -0.25) is 19.6 Å². The number of aromatic nitrogens is 3. The third kappa shape index (κ3) is 7.35. The molecule has 0 spiro atoms. The van der Waals surface area contributed by atoms with Gasteiger partial charge in [0.25, 0.3) is 0 Å². The first-order valence-electron chi connectivity index (χ1n) is 14.8. The minimum atomic E-state index is -0.458. The maximum atomic E-state index is 11.2. The van der Waals surface area contributed by atoms with E-state index >= 15 is 0 Å². The first-order valence-corrected chi connectivity index (χ1v) is 14.8. The van der Waals surface area contributed by atoms with Crippen molar-refractivity contribution < 1.29 is 9.90 Å². The fourth-order valence-corrected chi connectivity index (χ4v) is 5.88. The monoisotopic (exact) mass is 536 g/mol. The molecule has 2 aromatic heterocycles. The summed E-state index contributed by atoms with van der Waals surface area (Å²) in [6.45, 7) is 12.1. The van der Waals surface area contributed by atoms with Gasteiger partial charge >= 0.3 is 0 Å². The van der Waals surface area contributed by atoms with Crippen molar-refractivity contribution in [2.24, 2.45) is 5.92 Å². The van der Waals surface area contributed by atoms with E-state index in [1.165, 1.54) is 17.7 Å². The second-order valence-corrected chi connectivity index (χ2v) is 11.9. The molecule has 3 unspecified atom stereocenters. The molecule has 2 aliphatic heterocycles. The van der Waals surface area contributed by atoms with Crippen LogP contribution in [0.1, 0.15) is 88.4 Å². The first-order chi connectivity index (χ1) is 18.7. The molecule has 1 fully saturated rings. The molecule has 0 aromatic carbocycles. The number of imidazole rings is 1. The number of aliphatic hydroxyl groups is 1. The molecule has 4 heterocycles. The molecule has 2 aromatic rings. The Morgan fingerprint density at radius 3 is 2.62 bits per heavy atom. The van der Waals surface area contributed by atoms with E-state index in [2.05, 4.69) is 58.8 Å². The number of hydrogen-bond acceptors (Lipinski definition) is 6. The van der Waals surface area contributed by atoms with Gasteiger partial charge in [-0.1, -0.05) is 32.1 Å². The maximum absolute atomic E-state index is 11.2. The van der Waals surface area contributed by atoms with Crippen LogP contribution in [0.5, 0.6) is 0 Å². The predicted molar refractivity (Wildman–Crippen MR) is 155 cm³/mol. The SMILES string of the molecule is CCC(C)(C)O.CCC1C=CCc2nc(CN(C)C3CCCc4cccnc43)cn2C1N1CCN(C=O)CC1. The summed E-state index contributed by atoms with van der Waals surface area (Å²) in [4.78, 5) is 27.9. The summed E-state index contributed by atoms with van der Waals surface area (Å²) >= 11 is 0. The summed E-state index contributed by atoms with van der Waals surface area (Å²) in [5, 5.41) is 8.83. The van der Waals surface area contributed by atoms with Gasteiger partial charge in [-0.05, 0) is 64.6 Å². The highest BCUT2D eigenvalue weighted by molar-refractivity contribution is 5.47. The van der Waals surface area contributed by atoms with Crippen LogP contribution in [0.15, 0.2) is 36.7 Å². The minimum Gasteiger partial charge on any atom is -0.390 e. The van der Waals surface area contributed by atoms with Gasteiger partial charge in [0.15, 0.2) is 0 Å². The van der Waals surface area contributed by atoms with Gasteiger partial charge in [0, 0.05) is 57.5 Å². The number of rotatable bonds is 7. The molecule has 5 rings (SSSR count). The molecular weight excluding hydrogens is 488 g/mol. The summed E-state index contributed by atoms with van der Waals surface area (Å²) in [6.07, 6.45) is 16.4. The van der Waals surface area contributed by atoms with Gasteiger partial charge in [-0.15, -0.1) is 0 Å². The van der Waals surface area contributed by atoms with Crippen molar-refractivity contribution in [3.05, 3.63) is 59.5 Å². The number of hydrogen-bond donors (Lipinski definition) is 1. The average Bonchev–Trinajstić information content (AvgIpc) is 3.25. The molecule has 3 atom stereocenters. The smallest absolute Gasteiger partial charge is 0.209 e. The number of amides is 1. The van der Waals surface area contributed by atoms with Gasteiger partial charge in [-0.25, -0.2) is 4.98 Å². The standard InChI is InChI=1S/C26H36N6O.C5H12O/c1-3-20-7-5-11-24-28-22(18-32(24)26(20)31-15-13-30(19-33)14-16-31)17-29(2)23-10-4-8-21-9-6-12-27-25(21)23;1-4-5(2,3)6/h5-7,9,12,18-20,23,26H,3-4,8,10-11,13-17H2,1-2H3;6H,4H2,1-3H3. The number of fused-ring (bicyclic) bond motifs is 2. The van der Waals surface area contributed by atoms with Crippen molar-refractivity contribution in [3.8, 4) is 0 Å². The molecule has 214 valence electrons. The van der Waals surface area contributed by atoms with Crippen LogP contribution < -0.4 is 0 Å². The minimum absolute atomic E-state index is 0.265. The van der Waals surface area contributed by atoms with Gasteiger partial charge in [0.1, 0.15) is 5.82 Å². The summed E-state index contributed by atoms with van der Waals surface area (Å²) < 4.78 is 2.43. The van der Waals surface area contributed by atoms with Crippen molar-refractivity contribution in [1.82, 2.24) is 29.2 Å². The molecule has 1 amide bonds. The Hall–Kier alpha value is -2.55. The van der Waals surface area contributed by atoms with E-state index in [1.54, 1.807) is 13.8 Å². The molecular formula is C31H48N6O2. The quantitative estimate of drug-likeness (QED) is 0.418. The number of nitrogens with zero attached hydrogens (tertiary/aromatic N) is 6. The van der Waals surface area contributed by atoms with Crippen LogP contribution in [0, 0.1) is 5.92 Å². The molecule has 8 nitrogen and oxygen atoms in total. The maximum Gasteiger partial charge on any atom is 0.209 e. The van der Waals surface area contributed by atoms with E-state index in [-0.39, 0.29) is 6.17 Å². The number of aryl methyl sites for hydroxylation is 1. The molecule has 0 bridgehead atoms. The van der Waals surface area contributed by atoms with E-state index in [0.717, 1.165) is 82.8 Å². The lowest BCUT2D eigenvalue weighted by Gasteiger charge is -2.41. The van der Waals surface area contributed by atoms with Crippen LogP contribution in [0.2, 0.25) is 0 Å². The van der Waals surface area contributed by atoms with Crippen molar-refractivity contribution in [2.45, 2.75) is 90.6 Å². The third-order valence-electron chi connectivity index (χ3n) is 8.53. The van der Waals surface area contributed by atoms with Crippen LogP contribution in [0.3, 0.4) is 0 Å². The Bertz CT molecular complexity index is 1100. The number of piperazine rings is 1. The molecule has 1 N–H and O–H groups in total. The van der Waals surface area contributed by atoms with E-state index in [0.29, 0.717) is 12.0 Å². The topological polar surface area (TPSA) is 77.7 Å². The van der Waals surface area contributed by atoms with Gasteiger partial charge in [-0.2, -0.15) is 0 Å². The predicted octanol–water partition coefficient (Wildman–Crippen LogP) is 4.37. The lowest BCUT2D eigenvalue weighted by molar-refractivity contribution is -0.120. The van der Waals surface area contributed by atoms with E-state index in [1.807, 2.05) is 18.0 Å². The fourth-order valence-electron chi connectivity index (χ4n) is 5.88. The van der Waals surface area contributed by atoms with Gasteiger partial charge in [0.05, 0.1) is 29.2 Å². The Morgan fingerprint density at radius 1 is 1.21 bits per heavy atom. The zero-order chi connectivity index (χ0) is 28.0. The van der Waals surface area contributed by atoms with Crippen LogP contribution in [-0.2, 0) is 24.2 Å². The van der Waals surface area contributed by atoms with Crippen LogP contribution >= 0.6 is 0 Å². The highest BCUT2D eigenvalue weighted by atomic mass is 16.3. The Balaban J connectivity index is 0.000000531. The second-order valence-electron chi connectivity index (χ2n) is 11.9. The molecule has 0 saturated carbocycles. The van der Waals surface area contributed by atoms with E-state index < -0.39 is 5.60 Å². The van der Waals surface area contributed by atoms with Gasteiger partial charge in [0.2, 0.25) is 6.41 Å². The van der Waals surface area contributed by atoms with Crippen molar-refractivity contribution in [2.75, 3.05) is 33.2 Å². The Kier molecular flexibility index (Phi) is 9.96. The summed E-state index contributed by atoms with van der Waals surface area (Å²) in [6, 6.07) is 4.64. The molecule has 1 aliphatic carbocycles. The largest absolute Gasteiger partial charge is 0.390 e. The fraction of sp³-hybridized carbons (Fsp3) is 0.645. The summed E-state index contributed by atoms with van der Waals surface area (Å²) in [5.74, 6) is 1.60. The lowest BCUT2D eigenvalue weighted by atomic mass is 9.91. The molecule has 8 heteroatoms. The van der Waals surface area contributed by atoms with Crippen molar-refractivity contribution in [3.63, 3.8) is 0 Å². The number of carbonyl (C=O) groups excluding carboxylic acids is 1. The van der Waals surface area contributed by atoms with Crippen LogP contribution in [-0.4, -0.2) is 79.6 Å². The van der Waals surface area contributed by atoms with E-state index in [4.69, 9.17) is 15.1 Å².